The van der Waals surface area contributed by atoms with Crippen LogP contribution in [-0.4, -0.2) is 34.8 Å². The van der Waals surface area contributed by atoms with Crippen molar-refractivity contribution in [1.29, 1.82) is 0 Å². The van der Waals surface area contributed by atoms with Crippen LogP contribution in [0.3, 0.4) is 0 Å². The van der Waals surface area contributed by atoms with Crippen molar-refractivity contribution in [2.24, 2.45) is 5.92 Å². The largest absolute Gasteiger partial charge is 0.338 e. The van der Waals surface area contributed by atoms with Crippen molar-refractivity contribution >= 4 is 17.6 Å². The van der Waals surface area contributed by atoms with Crippen molar-refractivity contribution in [3.05, 3.63) is 59.5 Å². The van der Waals surface area contributed by atoms with Gasteiger partial charge in [0.15, 0.2) is 0 Å². The summed E-state index contributed by atoms with van der Waals surface area (Å²) in [5.74, 6) is -0.615. The third kappa shape index (κ3) is 4.21. The van der Waals surface area contributed by atoms with Gasteiger partial charge in [0.1, 0.15) is 11.6 Å². The molecule has 1 aromatic carbocycles. The number of benzene rings is 1. The van der Waals surface area contributed by atoms with E-state index in [1.54, 1.807) is 17.0 Å². The summed E-state index contributed by atoms with van der Waals surface area (Å²) in [4.78, 5) is 30.9. The summed E-state index contributed by atoms with van der Waals surface area (Å²) in [5.41, 5.74) is 1.13. The van der Waals surface area contributed by atoms with E-state index in [1.165, 1.54) is 18.2 Å². The molecule has 1 aliphatic heterocycles. The van der Waals surface area contributed by atoms with Gasteiger partial charge in [-0.1, -0.05) is 12.1 Å². The molecule has 2 heterocycles. The number of pyridine rings is 1. The number of anilines is 1. The van der Waals surface area contributed by atoms with Crippen molar-refractivity contribution < 1.29 is 14.0 Å². The number of amides is 2. The van der Waals surface area contributed by atoms with Crippen LogP contribution in [-0.2, 0) is 4.79 Å². The third-order valence-corrected chi connectivity index (χ3v) is 4.29. The number of aromatic nitrogens is 1. The van der Waals surface area contributed by atoms with E-state index in [9.17, 15) is 14.0 Å². The first-order valence-corrected chi connectivity index (χ1v) is 8.32. The number of likely N-dealkylation sites (tertiary alicyclic amines) is 1. The number of halogens is 1. The van der Waals surface area contributed by atoms with E-state index in [1.807, 2.05) is 19.1 Å². The molecule has 1 aliphatic rings. The summed E-state index contributed by atoms with van der Waals surface area (Å²) in [6.07, 6.45) is 1.45. The van der Waals surface area contributed by atoms with Crippen LogP contribution in [0, 0.1) is 18.7 Å². The number of piperidine rings is 1. The molecule has 0 unspecified atom stereocenters. The minimum Gasteiger partial charge on any atom is -0.338 e. The molecule has 2 amide bonds. The third-order valence-electron chi connectivity index (χ3n) is 4.29. The first kappa shape index (κ1) is 17.1. The van der Waals surface area contributed by atoms with E-state index < -0.39 is 5.82 Å². The number of hydrogen-bond acceptors (Lipinski definition) is 3. The zero-order chi connectivity index (χ0) is 17.8. The van der Waals surface area contributed by atoms with Gasteiger partial charge in [0, 0.05) is 24.3 Å². The van der Waals surface area contributed by atoms with E-state index in [-0.39, 0.29) is 17.7 Å². The molecule has 1 aromatic heterocycles. The highest BCUT2D eigenvalue weighted by Crippen LogP contribution is 2.20. The predicted molar refractivity (Wildman–Crippen MR) is 92.6 cm³/mol. The Morgan fingerprint density at radius 1 is 1.24 bits per heavy atom. The molecular formula is C19H20FN3O2. The van der Waals surface area contributed by atoms with Crippen LogP contribution in [0.5, 0.6) is 0 Å². The number of nitrogens with zero attached hydrogens (tertiary/aromatic N) is 2. The maximum Gasteiger partial charge on any atom is 0.253 e. The van der Waals surface area contributed by atoms with Crippen LogP contribution in [0.1, 0.15) is 28.9 Å². The standard InChI is InChI=1S/C19H20FN3O2/c1-13-5-2-9-17(21-13)22-18(24)15-7-4-10-23(12-15)19(25)14-6-3-8-16(20)11-14/h2-3,5-6,8-9,11,15H,4,7,10,12H2,1H3,(H,21,22,24)/t15-/m0/s1. The van der Waals surface area contributed by atoms with Crippen molar-refractivity contribution in [3.8, 4) is 0 Å². The first-order valence-electron chi connectivity index (χ1n) is 8.32. The van der Waals surface area contributed by atoms with Gasteiger partial charge in [-0.15, -0.1) is 0 Å². The normalized spacial score (nSPS) is 17.2. The quantitative estimate of drug-likeness (QED) is 0.933. The topological polar surface area (TPSA) is 62.3 Å². The minimum absolute atomic E-state index is 0.144. The van der Waals surface area contributed by atoms with Gasteiger partial charge in [-0.3, -0.25) is 9.59 Å². The molecule has 5 nitrogen and oxygen atoms in total. The molecule has 2 aromatic rings. The van der Waals surface area contributed by atoms with Gasteiger partial charge in [-0.25, -0.2) is 9.37 Å². The van der Waals surface area contributed by atoms with Crippen molar-refractivity contribution in [2.75, 3.05) is 18.4 Å². The van der Waals surface area contributed by atoms with Crippen LogP contribution in [0.25, 0.3) is 0 Å². The number of carbonyl (C=O) groups excluding carboxylic acids is 2. The lowest BCUT2D eigenvalue weighted by Gasteiger charge is -2.32. The smallest absolute Gasteiger partial charge is 0.253 e. The predicted octanol–water partition coefficient (Wildman–Crippen LogP) is 3.02. The number of aryl methyl sites for hydroxylation is 1. The average Bonchev–Trinajstić information content (AvgIpc) is 2.61. The van der Waals surface area contributed by atoms with Gasteiger partial charge >= 0.3 is 0 Å². The monoisotopic (exact) mass is 341 g/mol. The molecule has 3 rings (SSSR count). The zero-order valence-electron chi connectivity index (χ0n) is 14.0. The Bertz CT molecular complexity index is 794. The second kappa shape index (κ2) is 7.42. The van der Waals surface area contributed by atoms with E-state index in [0.717, 1.165) is 12.1 Å². The molecule has 1 N–H and O–H groups in total. The summed E-state index contributed by atoms with van der Waals surface area (Å²) in [6, 6.07) is 11.1. The van der Waals surface area contributed by atoms with E-state index in [0.29, 0.717) is 30.9 Å². The van der Waals surface area contributed by atoms with Crippen LogP contribution in [0.4, 0.5) is 10.2 Å². The number of hydrogen-bond donors (Lipinski definition) is 1. The summed E-state index contributed by atoms with van der Waals surface area (Å²) in [6.45, 7) is 2.75. The summed E-state index contributed by atoms with van der Waals surface area (Å²) in [5, 5.41) is 2.81. The maximum atomic E-state index is 13.3. The van der Waals surface area contributed by atoms with Crippen molar-refractivity contribution in [1.82, 2.24) is 9.88 Å². The molecule has 0 aliphatic carbocycles. The highest BCUT2D eigenvalue weighted by molar-refractivity contribution is 5.96. The van der Waals surface area contributed by atoms with Gasteiger partial charge in [0.05, 0.1) is 5.92 Å². The number of carbonyl (C=O) groups is 2. The molecule has 0 bridgehead atoms. The minimum atomic E-state index is -0.442. The number of nitrogens with one attached hydrogen (secondary N) is 1. The maximum absolute atomic E-state index is 13.3. The van der Waals surface area contributed by atoms with E-state index in [4.69, 9.17) is 0 Å². The van der Waals surface area contributed by atoms with Crippen molar-refractivity contribution in [3.63, 3.8) is 0 Å². The molecule has 0 spiro atoms. The van der Waals surface area contributed by atoms with Crippen molar-refractivity contribution in [2.45, 2.75) is 19.8 Å². The van der Waals surface area contributed by atoms with Gasteiger partial charge in [-0.2, -0.15) is 0 Å². The second-order valence-corrected chi connectivity index (χ2v) is 6.25. The fourth-order valence-corrected chi connectivity index (χ4v) is 3.02. The highest BCUT2D eigenvalue weighted by atomic mass is 19.1. The van der Waals surface area contributed by atoms with E-state index >= 15 is 0 Å². The first-order chi connectivity index (χ1) is 12.0. The second-order valence-electron chi connectivity index (χ2n) is 6.25. The molecule has 1 fully saturated rings. The summed E-state index contributed by atoms with van der Waals surface area (Å²) >= 11 is 0. The molecule has 6 heteroatoms. The molecule has 1 saturated heterocycles. The fraction of sp³-hybridized carbons (Fsp3) is 0.316. The Labute approximate surface area is 145 Å². The molecule has 25 heavy (non-hydrogen) atoms. The lowest BCUT2D eigenvalue weighted by Crippen LogP contribution is -2.43. The van der Waals surface area contributed by atoms with Crippen LogP contribution >= 0.6 is 0 Å². The molecule has 0 radical (unpaired) electrons. The Hall–Kier alpha value is -2.76. The van der Waals surface area contributed by atoms with Gasteiger partial charge in [-0.05, 0) is 50.1 Å². The van der Waals surface area contributed by atoms with Crippen LogP contribution in [0.15, 0.2) is 42.5 Å². The Balaban J connectivity index is 1.66. The summed E-state index contributed by atoms with van der Waals surface area (Å²) in [7, 11) is 0. The zero-order valence-corrected chi connectivity index (χ0v) is 14.0. The fourth-order valence-electron chi connectivity index (χ4n) is 3.02. The lowest BCUT2D eigenvalue weighted by atomic mass is 9.96. The molecule has 0 saturated carbocycles. The Morgan fingerprint density at radius 2 is 2.04 bits per heavy atom. The Morgan fingerprint density at radius 3 is 2.80 bits per heavy atom. The Kier molecular flexibility index (Phi) is 5.07. The van der Waals surface area contributed by atoms with Gasteiger partial charge in [0.25, 0.3) is 5.91 Å². The van der Waals surface area contributed by atoms with E-state index in [2.05, 4.69) is 10.3 Å². The molecular weight excluding hydrogens is 321 g/mol. The van der Waals surface area contributed by atoms with Gasteiger partial charge in [0.2, 0.25) is 5.91 Å². The number of rotatable bonds is 3. The summed E-state index contributed by atoms with van der Waals surface area (Å²) < 4.78 is 13.3. The van der Waals surface area contributed by atoms with Crippen LogP contribution < -0.4 is 5.32 Å². The molecule has 1 atom stereocenters. The average molecular weight is 341 g/mol. The lowest BCUT2D eigenvalue weighted by molar-refractivity contribution is -0.121. The molecule has 130 valence electrons. The highest BCUT2D eigenvalue weighted by Gasteiger charge is 2.29. The van der Waals surface area contributed by atoms with Crippen LogP contribution in [0.2, 0.25) is 0 Å². The SMILES string of the molecule is Cc1cccc(NC(=O)[C@H]2CCCN(C(=O)c3cccc(F)c3)C2)n1. The van der Waals surface area contributed by atoms with Gasteiger partial charge < -0.3 is 10.2 Å².